The monoisotopic (exact) mass is 499 g/mol. The van der Waals surface area contributed by atoms with Crippen molar-refractivity contribution in [3.05, 3.63) is 35.9 Å². The van der Waals surface area contributed by atoms with E-state index < -0.39 is 53.8 Å². The number of thiol groups is 2. The molecule has 0 saturated carbocycles. The van der Waals surface area contributed by atoms with E-state index in [4.69, 9.17) is 11.5 Å². The molecular formula is C20H29N5O6S2. The van der Waals surface area contributed by atoms with Gasteiger partial charge in [0.25, 0.3) is 0 Å². The molecule has 33 heavy (non-hydrogen) atoms. The molecule has 13 heteroatoms. The van der Waals surface area contributed by atoms with Gasteiger partial charge in [0.05, 0.1) is 6.04 Å². The highest BCUT2D eigenvalue weighted by Crippen LogP contribution is 2.06. The summed E-state index contributed by atoms with van der Waals surface area (Å²) in [7, 11) is 0. The van der Waals surface area contributed by atoms with E-state index in [2.05, 4.69) is 41.2 Å². The molecule has 8 N–H and O–H groups in total. The van der Waals surface area contributed by atoms with Gasteiger partial charge in [-0.25, -0.2) is 4.79 Å². The fraction of sp³-hybridized carbons (Fsp3) is 0.450. The molecule has 4 unspecified atom stereocenters. The first-order chi connectivity index (χ1) is 15.6. The number of benzene rings is 1. The lowest BCUT2D eigenvalue weighted by molar-refractivity contribution is -0.142. The number of hydrogen-bond acceptors (Lipinski definition) is 8. The van der Waals surface area contributed by atoms with Crippen LogP contribution in [0.1, 0.15) is 18.4 Å². The van der Waals surface area contributed by atoms with Gasteiger partial charge in [-0.05, 0) is 12.0 Å². The summed E-state index contributed by atoms with van der Waals surface area (Å²) in [5.74, 6) is -4.17. The molecule has 4 atom stereocenters. The fourth-order valence-electron chi connectivity index (χ4n) is 2.70. The van der Waals surface area contributed by atoms with E-state index in [0.29, 0.717) is 5.56 Å². The highest BCUT2D eigenvalue weighted by atomic mass is 32.1. The number of carboxylic acids is 1. The van der Waals surface area contributed by atoms with Gasteiger partial charge in [0, 0.05) is 24.3 Å². The molecule has 0 fully saturated rings. The van der Waals surface area contributed by atoms with E-state index in [1.54, 1.807) is 30.3 Å². The summed E-state index contributed by atoms with van der Waals surface area (Å²) in [6.45, 7) is 0. The number of nitrogens with one attached hydrogen (secondary N) is 3. The quantitative estimate of drug-likeness (QED) is 0.139. The van der Waals surface area contributed by atoms with Gasteiger partial charge < -0.3 is 32.5 Å². The number of carbonyl (C=O) groups is 5. The Morgan fingerprint density at radius 1 is 0.848 bits per heavy atom. The second kappa shape index (κ2) is 14.4. The maximum atomic E-state index is 12.9. The van der Waals surface area contributed by atoms with Crippen LogP contribution < -0.4 is 27.4 Å². The molecule has 0 bridgehead atoms. The van der Waals surface area contributed by atoms with Gasteiger partial charge in [0.2, 0.25) is 23.6 Å². The second-order valence-corrected chi connectivity index (χ2v) is 7.92. The Labute approximate surface area is 202 Å². The number of carbonyl (C=O) groups excluding carboxylic acids is 4. The smallest absolute Gasteiger partial charge is 0.326 e. The summed E-state index contributed by atoms with van der Waals surface area (Å²) in [4.78, 5) is 60.2. The zero-order chi connectivity index (χ0) is 25.0. The zero-order valence-electron chi connectivity index (χ0n) is 17.8. The first kappa shape index (κ1) is 28.3. The Morgan fingerprint density at radius 2 is 1.39 bits per heavy atom. The van der Waals surface area contributed by atoms with Crippen molar-refractivity contribution in [2.24, 2.45) is 11.5 Å². The van der Waals surface area contributed by atoms with E-state index in [0.717, 1.165) is 0 Å². The summed E-state index contributed by atoms with van der Waals surface area (Å²) in [6.07, 6.45) is -0.407. The molecule has 0 aliphatic rings. The normalized spacial score (nSPS) is 14.3. The molecule has 0 aliphatic carbocycles. The van der Waals surface area contributed by atoms with Crippen LogP contribution in [0.25, 0.3) is 0 Å². The van der Waals surface area contributed by atoms with Crippen molar-refractivity contribution in [1.29, 1.82) is 0 Å². The molecule has 0 radical (unpaired) electrons. The number of rotatable bonds is 14. The molecule has 0 spiro atoms. The first-order valence-electron chi connectivity index (χ1n) is 10.0. The first-order valence-corrected chi connectivity index (χ1v) is 11.3. The maximum Gasteiger partial charge on any atom is 0.326 e. The van der Waals surface area contributed by atoms with Crippen molar-refractivity contribution in [3.63, 3.8) is 0 Å². The van der Waals surface area contributed by atoms with Gasteiger partial charge in [-0.2, -0.15) is 25.3 Å². The highest BCUT2D eigenvalue weighted by molar-refractivity contribution is 7.80. The van der Waals surface area contributed by atoms with E-state index >= 15 is 0 Å². The number of primary amides is 1. The van der Waals surface area contributed by atoms with Crippen molar-refractivity contribution < 1.29 is 29.1 Å². The lowest BCUT2D eigenvalue weighted by Crippen LogP contribution is -2.58. The largest absolute Gasteiger partial charge is 0.480 e. The van der Waals surface area contributed by atoms with Crippen molar-refractivity contribution in [2.75, 3.05) is 11.5 Å². The lowest BCUT2D eigenvalue weighted by Gasteiger charge is -2.24. The standard InChI is InChI=1S/C20H29N5O6S2/c21-12(9-32)17(27)25-15(10-33)19(29)24-14(8-11-4-2-1-3-5-11)18(28)23-13(20(30)31)6-7-16(22)26/h1-5,12-15,32-33H,6-10,21H2,(H2,22,26)(H,23,28)(H,24,29)(H,25,27)(H,30,31). The van der Waals surface area contributed by atoms with Crippen LogP contribution in [0, 0.1) is 0 Å². The molecule has 4 amide bonds. The van der Waals surface area contributed by atoms with Gasteiger partial charge in [-0.1, -0.05) is 30.3 Å². The highest BCUT2D eigenvalue weighted by Gasteiger charge is 2.30. The summed E-state index contributed by atoms with van der Waals surface area (Å²) in [5.41, 5.74) is 11.4. The van der Waals surface area contributed by atoms with Crippen LogP contribution in [0.2, 0.25) is 0 Å². The molecular weight excluding hydrogens is 470 g/mol. The van der Waals surface area contributed by atoms with Crippen molar-refractivity contribution >= 4 is 54.9 Å². The van der Waals surface area contributed by atoms with Gasteiger partial charge in [0.1, 0.15) is 18.1 Å². The topological polar surface area (TPSA) is 194 Å². The summed E-state index contributed by atoms with van der Waals surface area (Å²) in [5, 5.41) is 16.7. The van der Waals surface area contributed by atoms with Crippen molar-refractivity contribution in [2.45, 2.75) is 43.4 Å². The third-order valence-corrected chi connectivity index (χ3v) is 5.32. The van der Waals surface area contributed by atoms with Crippen molar-refractivity contribution in [3.8, 4) is 0 Å². The number of aliphatic carboxylic acids is 1. The molecule has 11 nitrogen and oxygen atoms in total. The van der Waals surface area contributed by atoms with Crippen LogP contribution in [0.15, 0.2) is 30.3 Å². The molecule has 0 heterocycles. The molecule has 0 aliphatic heterocycles. The number of carboxylic acid groups (broad SMARTS) is 1. The molecule has 0 aromatic heterocycles. The van der Waals surface area contributed by atoms with E-state index in [1.165, 1.54) is 0 Å². The minimum Gasteiger partial charge on any atom is -0.480 e. The molecule has 182 valence electrons. The number of nitrogens with two attached hydrogens (primary N) is 2. The second-order valence-electron chi connectivity index (χ2n) is 7.19. The SMILES string of the molecule is NC(=O)CCC(NC(=O)C(Cc1ccccc1)NC(=O)C(CS)NC(=O)C(N)CS)C(=O)O. The van der Waals surface area contributed by atoms with Crippen LogP contribution in [0.4, 0.5) is 0 Å². The van der Waals surface area contributed by atoms with Crippen LogP contribution in [0.3, 0.4) is 0 Å². The number of amides is 4. The molecule has 1 aromatic carbocycles. The van der Waals surface area contributed by atoms with Gasteiger partial charge >= 0.3 is 5.97 Å². The molecule has 0 saturated heterocycles. The predicted molar refractivity (Wildman–Crippen MR) is 128 cm³/mol. The average Bonchev–Trinajstić information content (AvgIpc) is 2.78. The third-order valence-electron chi connectivity index (χ3n) is 4.56. The van der Waals surface area contributed by atoms with Gasteiger partial charge in [-0.3, -0.25) is 19.2 Å². The maximum absolute atomic E-state index is 12.9. The zero-order valence-corrected chi connectivity index (χ0v) is 19.6. The lowest BCUT2D eigenvalue weighted by atomic mass is 10.0. The molecule has 1 rings (SSSR count). The van der Waals surface area contributed by atoms with E-state index in [9.17, 15) is 29.1 Å². The Bertz CT molecular complexity index is 841. The minimum atomic E-state index is -1.38. The molecule has 1 aromatic rings. The Morgan fingerprint density at radius 3 is 1.91 bits per heavy atom. The Balaban J connectivity index is 3.01. The summed E-state index contributed by atoms with van der Waals surface area (Å²) >= 11 is 8.01. The van der Waals surface area contributed by atoms with Crippen molar-refractivity contribution in [1.82, 2.24) is 16.0 Å². The average molecular weight is 500 g/mol. The van der Waals surface area contributed by atoms with E-state index in [-0.39, 0.29) is 30.8 Å². The third kappa shape index (κ3) is 10.1. The Kier molecular flexibility index (Phi) is 12.3. The predicted octanol–water partition coefficient (Wildman–Crippen LogP) is -1.78. The van der Waals surface area contributed by atoms with Crippen LogP contribution in [-0.2, 0) is 30.4 Å². The minimum absolute atomic E-state index is 0.0456. The number of hydrogen-bond donors (Lipinski definition) is 8. The van der Waals surface area contributed by atoms with Crippen LogP contribution in [0.5, 0.6) is 0 Å². The van der Waals surface area contributed by atoms with E-state index in [1.807, 2.05) is 0 Å². The van der Waals surface area contributed by atoms with Gasteiger partial charge in [0.15, 0.2) is 0 Å². The fourth-order valence-corrected chi connectivity index (χ4v) is 3.13. The summed E-state index contributed by atoms with van der Waals surface area (Å²) in [6, 6.07) is 4.15. The Hall–Kier alpha value is -2.77. The van der Waals surface area contributed by atoms with Crippen LogP contribution >= 0.6 is 25.3 Å². The van der Waals surface area contributed by atoms with Crippen LogP contribution in [-0.4, -0.2) is 70.4 Å². The van der Waals surface area contributed by atoms with Gasteiger partial charge in [-0.15, -0.1) is 0 Å². The summed E-state index contributed by atoms with van der Waals surface area (Å²) < 4.78 is 0.